The van der Waals surface area contributed by atoms with E-state index in [1.807, 2.05) is 13.1 Å². The predicted octanol–water partition coefficient (Wildman–Crippen LogP) is 2.91. The summed E-state index contributed by atoms with van der Waals surface area (Å²) in [4.78, 5) is 1.21. The Kier molecular flexibility index (Phi) is 3.53. The largest absolute Gasteiger partial charge is 0.380 e. The molecule has 0 radical (unpaired) electrons. The number of hydrogen-bond donors (Lipinski definition) is 1. The number of ether oxygens (including phenoxy) is 1. The van der Waals surface area contributed by atoms with Crippen molar-refractivity contribution in [2.45, 2.75) is 13.2 Å². The van der Waals surface area contributed by atoms with Crippen molar-refractivity contribution in [1.29, 1.82) is 0 Å². The summed E-state index contributed by atoms with van der Waals surface area (Å²) in [6, 6.07) is 4.91. The maximum atomic E-state index is 13.1. The molecular weight excluding hydrogens is 225 g/mol. The first-order chi connectivity index (χ1) is 7.76. The monoisotopic (exact) mass is 239 g/mol. The van der Waals surface area contributed by atoms with Crippen molar-refractivity contribution in [2.24, 2.45) is 0 Å². The second kappa shape index (κ2) is 4.91. The van der Waals surface area contributed by atoms with Gasteiger partial charge in [-0.25, -0.2) is 4.39 Å². The van der Waals surface area contributed by atoms with E-state index in [1.54, 1.807) is 24.5 Å². The molecule has 0 saturated carbocycles. The van der Waals surface area contributed by atoms with Crippen molar-refractivity contribution in [3.63, 3.8) is 0 Å². The molecule has 0 aliphatic rings. The summed E-state index contributed by atoms with van der Waals surface area (Å²) in [5.41, 5.74) is 1.16. The van der Waals surface area contributed by atoms with Gasteiger partial charge in [0.25, 0.3) is 0 Å². The fourth-order valence-electron chi connectivity index (χ4n) is 1.78. The molecule has 0 aliphatic heterocycles. The van der Waals surface area contributed by atoms with E-state index >= 15 is 0 Å². The number of benzene rings is 1. The molecule has 1 aromatic heterocycles. The highest BCUT2D eigenvalue weighted by atomic mass is 32.1. The van der Waals surface area contributed by atoms with Gasteiger partial charge in [-0.05, 0) is 24.6 Å². The Hall–Kier alpha value is -0.970. The first-order valence-electron chi connectivity index (χ1n) is 5.09. The molecule has 0 fully saturated rings. The van der Waals surface area contributed by atoms with Gasteiger partial charge in [0.2, 0.25) is 0 Å². The topological polar surface area (TPSA) is 21.3 Å². The molecule has 2 aromatic rings. The van der Waals surface area contributed by atoms with E-state index in [-0.39, 0.29) is 5.82 Å². The van der Waals surface area contributed by atoms with Gasteiger partial charge in [0.15, 0.2) is 0 Å². The van der Waals surface area contributed by atoms with Gasteiger partial charge < -0.3 is 10.1 Å². The molecule has 2 nitrogen and oxygen atoms in total. The van der Waals surface area contributed by atoms with Crippen LogP contribution in [0.5, 0.6) is 0 Å². The second-order valence-corrected chi connectivity index (χ2v) is 4.74. The molecule has 0 amide bonds. The van der Waals surface area contributed by atoms with Gasteiger partial charge in [-0.2, -0.15) is 0 Å². The first kappa shape index (κ1) is 11.5. The minimum Gasteiger partial charge on any atom is -0.380 e. The van der Waals surface area contributed by atoms with E-state index < -0.39 is 0 Å². The Bertz CT molecular complexity index is 495. The molecule has 2 rings (SSSR count). The van der Waals surface area contributed by atoms with Gasteiger partial charge in [0.1, 0.15) is 5.82 Å². The van der Waals surface area contributed by atoms with Crippen molar-refractivity contribution in [3.05, 3.63) is 34.5 Å². The third-order valence-corrected chi connectivity index (χ3v) is 3.66. The summed E-state index contributed by atoms with van der Waals surface area (Å²) in [6.07, 6.45) is 0. The van der Waals surface area contributed by atoms with Crippen LogP contribution in [0.3, 0.4) is 0 Å². The van der Waals surface area contributed by atoms with Crippen molar-refractivity contribution < 1.29 is 9.13 Å². The summed E-state index contributed by atoms with van der Waals surface area (Å²) < 4.78 is 19.3. The molecule has 0 atom stereocenters. The molecule has 0 spiro atoms. The number of nitrogens with one attached hydrogen (secondary N) is 1. The minimum atomic E-state index is -0.186. The predicted molar refractivity (Wildman–Crippen MR) is 65.3 cm³/mol. The number of fused-ring (bicyclic) bond motifs is 1. The average molecular weight is 239 g/mol. The van der Waals surface area contributed by atoms with Gasteiger partial charge in [-0.3, -0.25) is 0 Å². The van der Waals surface area contributed by atoms with E-state index in [0.29, 0.717) is 6.61 Å². The van der Waals surface area contributed by atoms with Crippen LogP contribution >= 0.6 is 11.3 Å². The van der Waals surface area contributed by atoms with Gasteiger partial charge >= 0.3 is 0 Å². The van der Waals surface area contributed by atoms with Gasteiger partial charge in [-0.15, -0.1) is 11.3 Å². The quantitative estimate of drug-likeness (QED) is 0.885. The number of rotatable bonds is 4. The van der Waals surface area contributed by atoms with Crippen LogP contribution in [0.25, 0.3) is 10.1 Å². The maximum absolute atomic E-state index is 13.1. The SMILES string of the molecule is CNCc1sc2cc(F)ccc2c1COC. The number of methoxy groups -OCH3 is 1. The molecule has 0 unspecified atom stereocenters. The van der Waals surface area contributed by atoms with Crippen LogP contribution in [0.15, 0.2) is 18.2 Å². The van der Waals surface area contributed by atoms with Crippen LogP contribution in [-0.4, -0.2) is 14.2 Å². The summed E-state index contributed by atoms with van der Waals surface area (Å²) >= 11 is 1.62. The smallest absolute Gasteiger partial charge is 0.124 e. The molecule has 0 aliphatic carbocycles. The van der Waals surface area contributed by atoms with Crippen molar-refractivity contribution >= 4 is 21.4 Å². The average Bonchev–Trinajstić information content (AvgIpc) is 2.57. The lowest BCUT2D eigenvalue weighted by molar-refractivity contribution is 0.185. The fourth-order valence-corrected chi connectivity index (χ4v) is 3.03. The lowest BCUT2D eigenvalue weighted by Gasteiger charge is -2.02. The standard InChI is InChI=1S/C12H14FNOS/c1-14-6-12-10(7-15-2)9-4-3-8(13)5-11(9)16-12/h3-5,14H,6-7H2,1-2H3. The normalized spacial score (nSPS) is 11.2. The molecule has 0 bridgehead atoms. The number of hydrogen-bond acceptors (Lipinski definition) is 3. The van der Waals surface area contributed by atoms with Crippen LogP contribution in [0, 0.1) is 5.82 Å². The summed E-state index contributed by atoms with van der Waals surface area (Å²) in [6.45, 7) is 1.36. The van der Waals surface area contributed by atoms with Crippen LogP contribution in [-0.2, 0) is 17.9 Å². The van der Waals surface area contributed by atoms with Gasteiger partial charge in [0, 0.05) is 28.8 Å². The van der Waals surface area contributed by atoms with Crippen LogP contribution in [0.2, 0.25) is 0 Å². The van der Waals surface area contributed by atoms with E-state index in [4.69, 9.17) is 4.74 Å². The molecule has 1 aromatic carbocycles. The summed E-state index contributed by atoms with van der Waals surface area (Å²) in [7, 11) is 3.58. The van der Waals surface area contributed by atoms with E-state index in [9.17, 15) is 4.39 Å². The van der Waals surface area contributed by atoms with Crippen molar-refractivity contribution in [1.82, 2.24) is 5.32 Å². The number of thiophene rings is 1. The van der Waals surface area contributed by atoms with Crippen molar-refractivity contribution in [3.8, 4) is 0 Å². The van der Waals surface area contributed by atoms with E-state index in [0.717, 1.165) is 22.2 Å². The Morgan fingerprint density at radius 3 is 2.94 bits per heavy atom. The Labute approximate surface area is 98.0 Å². The zero-order valence-corrected chi connectivity index (χ0v) is 10.2. The van der Waals surface area contributed by atoms with Crippen molar-refractivity contribution in [2.75, 3.05) is 14.2 Å². The lowest BCUT2D eigenvalue weighted by Crippen LogP contribution is -2.05. The molecule has 0 saturated heterocycles. The highest BCUT2D eigenvalue weighted by Gasteiger charge is 2.11. The molecule has 86 valence electrons. The second-order valence-electron chi connectivity index (χ2n) is 3.61. The molecule has 1 N–H and O–H groups in total. The zero-order valence-electron chi connectivity index (χ0n) is 9.34. The number of halogens is 1. The zero-order chi connectivity index (χ0) is 11.5. The molecular formula is C12H14FNOS. The van der Waals surface area contributed by atoms with Crippen LogP contribution in [0.1, 0.15) is 10.4 Å². The highest BCUT2D eigenvalue weighted by molar-refractivity contribution is 7.19. The van der Waals surface area contributed by atoms with Gasteiger partial charge in [0.05, 0.1) is 6.61 Å². The third-order valence-electron chi connectivity index (χ3n) is 2.46. The van der Waals surface area contributed by atoms with E-state index in [2.05, 4.69) is 5.32 Å². The summed E-state index contributed by atoms with van der Waals surface area (Å²) in [5, 5.41) is 4.22. The Balaban J connectivity index is 2.56. The molecule has 4 heteroatoms. The third kappa shape index (κ3) is 2.09. The maximum Gasteiger partial charge on any atom is 0.124 e. The van der Waals surface area contributed by atoms with Crippen LogP contribution in [0.4, 0.5) is 4.39 Å². The molecule has 16 heavy (non-hydrogen) atoms. The van der Waals surface area contributed by atoms with Crippen LogP contribution < -0.4 is 5.32 Å². The molecule has 1 heterocycles. The highest BCUT2D eigenvalue weighted by Crippen LogP contribution is 2.32. The lowest BCUT2D eigenvalue weighted by atomic mass is 10.1. The Morgan fingerprint density at radius 1 is 1.44 bits per heavy atom. The fraction of sp³-hybridized carbons (Fsp3) is 0.333. The minimum absolute atomic E-state index is 0.186. The van der Waals surface area contributed by atoms with Gasteiger partial charge in [-0.1, -0.05) is 6.07 Å². The Morgan fingerprint density at radius 2 is 2.25 bits per heavy atom. The first-order valence-corrected chi connectivity index (χ1v) is 5.91. The van der Waals surface area contributed by atoms with E-state index in [1.165, 1.54) is 10.9 Å². The summed E-state index contributed by atoms with van der Waals surface area (Å²) in [5.74, 6) is -0.186.